The largest absolute Gasteiger partial charge is 0.484 e. The monoisotopic (exact) mass is 492 g/mol. The van der Waals surface area contributed by atoms with Gasteiger partial charge in [-0.25, -0.2) is 0 Å². The van der Waals surface area contributed by atoms with Crippen molar-refractivity contribution in [1.82, 2.24) is 10.2 Å². The van der Waals surface area contributed by atoms with E-state index in [1.165, 1.54) is 0 Å². The molecular weight excluding hydrogens is 460 g/mol. The molecule has 5 nitrogen and oxygen atoms in total. The summed E-state index contributed by atoms with van der Waals surface area (Å²) in [5, 5.41) is 3.67. The average Bonchev–Trinajstić information content (AvgIpc) is 2.87. The molecule has 0 spiro atoms. The van der Waals surface area contributed by atoms with Gasteiger partial charge >= 0.3 is 0 Å². The van der Waals surface area contributed by atoms with Crippen molar-refractivity contribution in [3.8, 4) is 5.75 Å². The molecule has 0 radical (unpaired) electrons. The summed E-state index contributed by atoms with van der Waals surface area (Å²) in [7, 11) is 0. The van der Waals surface area contributed by atoms with Crippen molar-refractivity contribution < 1.29 is 14.3 Å². The number of amides is 2. The molecule has 3 aromatic rings. The molecule has 3 aromatic carbocycles. The Morgan fingerprint density at radius 3 is 2.09 bits per heavy atom. The molecule has 0 unspecified atom stereocenters. The molecule has 0 aliphatic carbocycles. The van der Waals surface area contributed by atoms with E-state index in [1.807, 2.05) is 93.6 Å². The summed E-state index contributed by atoms with van der Waals surface area (Å²) in [6, 6.07) is 22.4. The topological polar surface area (TPSA) is 58.6 Å². The molecule has 0 aliphatic rings. The smallest absolute Gasteiger partial charge is 0.261 e. The quantitative estimate of drug-likeness (QED) is 0.384. The number of carbonyl (C=O) groups is 2. The van der Waals surface area contributed by atoms with Gasteiger partial charge in [0.25, 0.3) is 5.91 Å². The van der Waals surface area contributed by atoms with Gasteiger partial charge in [-0.05, 0) is 54.7 Å². The van der Waals surface area contributed by atoms with Crippen LogP contribution in [0.3, 0.4) is 0 Å². The van der Waals surface area contributed by atoms with Crippen molar-refractivity contribution in [2.45, 2.75) is 46.2 Å². The van der Waals surface area contributed by atoms with Gasteiger partial charge in [0.2, 0.25) is 5.91 Å². The highest BCUT2D eigenvalue weighted by Gasteiger charge is 2.30. The van der Waals surface area contributed by atoms with Gasteiger partial charge < -0.3 is 15.0 Å². The van der Waals surface area contributed by atoms with Crippen LogP contribution in [-0.2, 0) is 22.6 Å². The van der Waals surface area contributed by atoms with Crippen molar-refractivity contribution in [2.75, 3.05) is 13.2 Å². The molecule has 0 aromatic heterocycles. The summed E-state index contributed by atoms with van der Waals surface area (Å²) >= 11 is 6.27. The number of nitrogens with one attached hydrogen (secondary N) is 1. The highest BCUT2D eigenvalue weighted by Crippen LogP contribution is 2.26. The van der Waals surface area contributed by atoms with Gasteiger partial charge in [0.15, 0.2) is 6.61 Å². The van der Waals surface area contributed by atoms with E-state index in [4.69, 9.17) is 16.3 Å². The van der Waals surface area contributed by atoms with Crippen LogP contribution in [0.4, 0.5) is 0 Å². The number of nitrogens with zero attached hydrogens (tertiary/aromatic N) is 1. The van der Waals surface area contributed by atoms with E-state index < -0.39 is 6.04 Å². The molecule has 0 saturated heterocycles. The number of aryl methyl sites for hydroxylation is 2. The predicted molar refractivity (Wildman–Crippen MR) is 141 cm³/mol. The standard InChI is InChI=1S/C29H33ClN2O3/c1-4-15-31-29(34)26(18-23-11-7-5-8-12-23)32(19-24-13-9-6-10-14-24)27(33)20-35-25-16-21(2)28(30)22(3)17-25/h5-14,16-17,26H,4,15,18-20H2,1-3H3,(H,31,34)/t26-/m0/s1. The zero-order valence-electron chi connectivity index (χ0n) is 20.6. The second-order valence-corrected chi connectivity index (χ2v) is 9.04. The first-order chi connectivity index (χ1) is 16.9. The molecule has 0 bridgehead atoms. The molecule has 6 heteroatoms. The lowest BCUT2D eigenvalue weighted by Gasteiger charge is -2.31. The molecule has 35 heavy (non-hydrogen) atoms. The van der Waals surface area contributed by atoms with Crippen LogP contribution < -0.4 is 10.1 Å². The third kappa shape index (κ3) is 7.59. The number of rotatable bonds is 11. The number of benzene rings is 3. The van der Waals surface area contributed by atoms with Crippen LogP contribution in [0.15, 0.2) is 72.8 Å². The Bertz CT molecular complexity index is 1100. The third-order valence-corrected chi connectivity index (χ3v) is 6.38. The summed E-state index contributed by atoms with van der Waals surface area (Å²) < 4.78 is 5.88. The molecular formula is C29H33ClN2O3. The third-order valence-electron chi connectivity index (χ3n) is 5.79. The van der Waals surface area contributed by atoms with E-state index >= 15 is 0 Å². The molecule has 0 fully saturated rings. The molecule has 184 valence electrons. The summed E-state index contributed by atoms with van der Waals surface area (Å²) in [6.45, 7) is 6.48. The SMILES string of the molecule is CCCNC(=O)[C@H](Cc1ccccc1)N(Cc1ccccc1)C(=O)COc1cc(C)c(Cl)c(C)c1. The molecule has 2 amide bonds. The fourth-order valence-corrected chi connectivity index (χ4v) is 4.03. The predicted octanol–water partition coefficient (Wildman–Crippen LogP) is 5.50. The summed E-state index contributed by atoms with van der Waals surface area (Å²) in [5.41, 5.74) is 3.70. The fourth-order valence-electron chi connectivity index (χ4n) is 3.92. The zero-order chi connectivity index (χ0) is 25.2. The normalized spacial score (nSPS) is 11.5. The van der Waals surface area contributed by atoms with Crippen molar-refractivity contribution in [1.29, 1.82) is 0 Å². The number of halogens is 1. The highest BCUT2D eigenvalue weighted by atomic mass is 35.5. The Morgan fingerprint density at radius 2 is 1.51 bits per heavy atom. The van der Waals surface area contributed by atoms with Gasteiger partial charge in [-0.2, -0.15) is 0 Å². The minimum Gasteiger partial charge on any atom is -0.484 e. The second kappa shape index (κ2) is 13.0. The lowest BCUT2D eigenvalue weighted by atomic mass is 10.0. The summed E-state index contributed by atoms with van der Waals surface area (Å²) in [4.78, 5) is 28.5. The van der Waals surface area contributed by atoms with Gasteiger partial charge in [0.1, 0.15) is 11.8 Å². The average molecular weight is 493 g/mol. The first-order valence-electron chi connectivity index (χ1n) is 11.9. The lowest BCUT2D eigenvalue weighted by molar-refractivity contribution is -0.142. The summed E-state index contributed by atoms with van der Waals surface area (Å²) in [6.07, 6.45) is 1.23. The Hall–Kier alpha value is -3.31. The van der Waals surface area contributed by atoms with E-state index in [0.717, 1.165) is 28.7 Å². The van der Waals surface area contributed by atoms with Crippen LogP contribution in [0.1, 0.15) is 35.6 Å². The minimum absolute atomic E-state index is 0.168. The maximum absolute atomic E-state index is 13.6. The minimum atomic E-state index is -0.672. The molecule has 1 N–H and O–H groups in total. The molecule has 0 saturated carbocycles. The Morgan fingerprint density at radius 1 is 0.943 bits per heavy atom. The Kier molecular flexibility index (Phi) is 9.74. The van der Waals surface area contributed by atoms with Crippen LogP contribution in [0.2, 0.25) is 5.02 Å². The molecule has 0 heterocycles. The molecule has 0 aliphatic heterocycles. The van der Waals surface area contributed by atoms with E-state index in [1.54, 1.807) is 4.90 Å². The number of ether oxygens (including phenoxy) is 1. The van der Waals surface area contributed by atoms with Crippen LogP contribution in [0.25, 0.3) is 0 Å². The van der Waals surface area contributed by atoms with Crippen molar-refractivity contribution in [3.63, 3.8) is 0 Å². The van der Waals surface area contributed by atoms with Gasteiger partial charge in [-0.15, -0.1) is 0 Å². The maximum atomic E-state index is 13.6. The van der Waals surface area contributed by atoms with Crippen LogP contribution in [0, 0.1) is 13.8 Å². The van der Waals surface area contributed by atoms with E-state index in [2.05, 4.69) is 5.32 Å². The van der Waals surface area contributed by atoms with Gasteiger partial charge in [0.05, 0.1) is 0 Å². The Labute approximate surface area is 213 Å². The number of hydrogen-bond donors (Lipinski definition) is 1. The summed E-state index contributed by atoms with van der Waals surface area (Å²) in [5.74, 6) is 0.150. The van der Waals surface area contributed by atoms with E-state index in [0.29, 0.717) is 30.3 Å². The van der Waals surface area contributed by atoms with Crippen molar-refractivity contribution >= 4 is 23.4 Å². The van der Waals surface area contributed by atoms with E-state index in [-0.39, 0.29) is 18.4 Å². The van der Waals surface area contributed by atoms with Crippen molar-refractivity contribution in [3.05, 3.63) is 100 Å². The van der Waals surface area contributed by atoms with Crippen molar-refractivity contribution in [2.24, 2.45) is 0 Å². The number of hydrogen-bond acceptors (Lipinski definition) is 3. The Balaban J connectivity index is 1.88. The first kappa shape index (κ1) is 26.3. The van der Waals surface area contributed by atoms with Gasteiger partial charge in [-0.3, -0.25) is 9.59 Å². The van der Waals surface area contributed by atoms with Gasteiger partial charge in [-0.1, -0.05) is 79.2 Å². The van der Waals surface area contributed by atoms with Crippen LogP contribution in [-0.4, -0.2) is 35.9 Å². The highest BCUT2D eigenvalue weighted by molar-refractivity contribution is 6.32. The second-order valence-electron chi connectivity index (χ2n) is 8.66. The van der Waals surface area contributed by atoms with E-state index in [9.17, 15) is 9.59 Å². The fraction of sp³-hybridized carbons (Fsp3) is 0.310. The molecule has 1 atom stereocenters. The van der Waals surface area contributed by atoms with Gasteiger partial charge in [0, 0.05) is 24.5 Å². The van der Waals surface area contributed by atoms with Crippen LogP contribution in [0.5, 0.6) is 5.75 Å². The zero-order valence-corrected chi connectivity index (χ0v) is 21.3. The molecule has 3 rings (SSSR count). The lowest BCUT2D eigenvalue weighted by Crippen LogP contribution is -2.51. The maximum Gasteiger partial charge on any atom is 0.261 e. The number of carbonyl (C=O) groups excluding carboxylic acids is 2. The van der Waals surface area contributed by atoms with Crippen LogP contribution >= 0.6 is 11.6 Å². The first-order valence-corrected chi connectivity index (χ1v) is 12.3.